The van der Waals surface area contributed by atoms with Crippen molar-refractivity contribution in [2.24, 2.45) is 0 Å². The van der Waals surface area contributed by atoms with Crippen molar-refractivity contribution in [3.8, 4) is 17.1 Å². The van der Waals surface area contributed by atoms with Crippen molar-refractivity contribution in [2.75, 3.05) is 5.32 Å². The molecule has 0 radical (unpaired) electrons. The van der Waals surface area contributed by atoms with Crippen LogP contribution in [0.5, 0.6) is 0 Å². The summed E-state index contributed by atoms with van der Waals surface area (Å²) in [6.45, 7) is 6.10. The quantitative estimate of drug-likeness (QED) is 0.316. The van der Waals surface area contributed by atoms with Crippen molar-refractivity contribution in [1.82, 2.24) is 29.9 Å². The molecule has 41 heavy (non-hydrogen) atoms. The molecular weight excluding hydrogens is 535 g/mol. The minimum absolute atomic E-state index is 0.130. The zero-order chi connectivity index (χ0) is 28.9. The molecule has 0 fully saturated rings. The normalized spacial score (nSPS) is 14.6. The molecule has 0 saturated carbocycles. The van der Waals surface area contributed by atoms with Gasteiger partial charge in [0, 0.05) is 24.3 Å². The fourth-order valence-electron chi connectivity index (χ4n) is 5.11. The van der Waals surface area contributed by atoms with Gasteiger partial charge < -0.3 is 10.1 Å². The number of amides is 1. The molecule has 212 valence electrons. The summed E-state index contributed by atoms with van der Waals surface area (Å²) < 4.78 is 47.6. The van der Waals surface area contributed by atoms with Crippen LogP contribution in [0.1, 0.15) is 55.3 Å². The number of hydrogen-bond donors (Lipinski definition) is 1. The Morgan fingerprint density at radius 3 is 2.46 bits per heavy atom. The number of aryl methyl sites for hydroxylation is 2. The highest BCUT2D eigenvalue weighted by atomic mass is 19.4. The monoisotopic (exact) mass is 563 g/mol. The maximum Gasteiger partial charge on any atom is 0.453 e. The predicted molar refractivity (Wildman–Crippen MR) is 145 cm³/mol. The predicted octanol–water partition coefficient (Wildman–Crippen LogP) is 6.23. The molecule has 4 aromatic rings. The molecule has 1 aliphatic heterocycles. The summed E-state index contributed by atoms with van der Waals surface area (Å²) in [6.07, 6.45) is -2.73. The number of nitrogens with one attached hydrogen (secondary N) is 1. The Labute approximate surface area is 234 Å². The molecule has 2 aromatic carbocycles. The molecule has 2 aromatic heterocycles. The standard InChI is InChI=1S/C29H28F3N7O2/c1-28(2,3)41-27(40)38-15-19-11-12-21(13-20(19)16-38)33-26-34-25(29(30,31)32)37-39(26)23-14-18-9-6-8-17-7-4-5-10-22(17)24(18)36-35-23/h4-5,7,10-14H,6,8-9,15-16H2,1-3H3,(H,33,34,37). The van der Waals surface area contributed by atoms with Gasteiger partial charge in [0.05, 0.1) is 5.69 Å². The number of halogens is 3. The van der Waals surface area contributed by atoms with Gasteiger partial charge in [0.1, 0.15) is 5.60 Å². The Morgan fingerprint density at radius 1 is 0.927 bits per heavy atom. The van der Waals surface area contributed by atoms with Gasteiger partial charge in [-0.1, -0.05) is 30.3 Å². The summed E-state index contributed by atoms with van der Waals surface area (Å²) in [5.74, 6) is -1.31. The lowest BCUT2D eigenvalue weighted by Crippen LogP contribution is -2.33. The smallest absolute Gasteiger partial charge is 0.444 e. The van der Waals surface area contributed by atoms with Gasteiger partial charge in [0.2, 0.25) is 5.95 Å². The van der Waals surface area contributed by atoms with Crippen LogP contribution in [0.4, 0.5) is 29.6 Å². The molecule has 3 heterocycles. The zero-order valence-electron chi connectivity index (χ0n) is 22.8. The second kappa shape index (κ2) is 9.86. The molecule has 1 amide bonds. The third-order valence-corrected chi connectivity index (χ3v) is 6.94. The van der Waals surface area contributed by atoms with Gasteiger partial charge in [-0.25, -0.2) is 4.79 Å². The van der Waals surface area contributed by atoms with Crippen LogP contribution in [-0.2, 0) is 36.8 Å². The molecule has 6 rings (SSSR count). The maximum atomic E-state index is 13.7. The van der Waals surface area contributed by atoms with Crippen molar-refractivity contribution in [3.63, 3.8) is 0 Å². The van der Waals surface area contributed by atoms with Crippen molar-refractivity contribution in [2.45, 2.75) is 64.9 Å². The number of fused-ring (bicyclic) bond motifs is 4. The van der Waals surface area contributed by atoms with Crippen molar-refractivity contribution < 1.29 is 22.7 Å². The van der Waals surface area contributed by atoms with Gasteiger partial charge in [-0.05, 0) is 80.5 Å². The average molecular weight is 564 g/mol. The van der Waals surface area contributed by atoms with Crippen molar-refractivity contribution >= 4 is 17.7 Å². The Bertz CT molecular complexity index is 1640. The molecule has 1 aliphatic carbocycles. The lowest BCUT2D eigenvalue weighted by Gasteiger charge is -2.24. The Hall–Kier alpha value is -4.48. The third kappa shape index (κ3) is 5.46. The van der Waals surface area contributed by atoms with Gasteiger partial charge in [0.25, 0.3) is 5.82 Å². The number of benzene rings is 2. The van der Waals surface area contributed by atoms with E-state index in [1.54, 1.807) is 43.9 Å². The highest BCUT2D eigenvalue weighted by Crippen LogP contribution is 2.34. The number of aromatic nitrogens is 5. The summed E-state index contributed by atoms with van der Waals surface area (Å²) in [6, 6.07) is 15.0. The van der Waals surface area contributed by atoms with E-state index in [2.05, 4.69) is 31.7 Å². The van der Waals surface area contributed by atoms with Crippen LogP contribution in [0.25, 0.3) is 17.1 Å². The number of hydrogen-bond acceptors (Lipinski definition) is 7. The number of anilines is 2. The first-order chi connectivity index (χ1) is 19.4. The number of alkyl halides is 3. The number of ether oxygens (including phenoxy) is 1. The number of rotatable bonds is 3. The first-order valence-electron chi connectivity index (χ1n) is 13.3. The number of nitrogens with zero attached hydrogens (tertiary/aromatic N) is 6. The van der Waals surface area contributed by atoms with Crippen LogP contribution < -0.4 is 5.32 Å². The minimum atomic E-state index is -4.76. The molecule has 0 saturated heterocycles. The van der Waals surface area contributed by atoms with Crippen LogP contribution in [0.3, 0.4) is 0 Å². The van der Waals surface area contributed by atoms with Gasteiger partial charge in [-0.2, -0.15) is 22.8 Å². The molecular formula is C29H28F3N7O2. The second-order valence-corrected chi connectivity index (χ2v) is 11.2. The first kappa shape index (κ1) is 26.7. The summed E-state index contributed by atoms with van der Waals surface area (Å²) >= 11 is 0. The van der Waals surface area contributed by atoms with Gasteiger partial charge >= 0.3 is 12.3 Å². The second-order valence-electron chi connectivity index (χ2n) is 11.2. The topological polar surface area (TPSA) is 98.1 Å². The fraction of sp³-hybridized carbons (Fsp3) is 0.345. The summed E-state index contributed by atoms with van der Waals surface area (Å²) in [4.78, 5) is 17.9. The van der Waals surface area contributed by atoms with Gasteiger partial charge in [0.15, 0.2) is 5.82 Å². The molecule has 0 bridgehead atoms. The molecule has 1 N–H and O–H groups in total. The van der Waals surface area contributed by atoms with E-state index in [0.29, 0.717) is 25.2 Å². The summed E-state index contributed by atoms with van der Waals surface area (Å²) in [5.41, 5.74) is 5.40. The van der Waals surface area contributed by atoms with E-state index in [0.717, 1.165) is 51.0 Å². The summed E-state index contributed by atoms with van der Waals surface area (Å²) in [5, 5.41) is 15.4. The highest BCUT2D eigenvalue weighted by Gasteiger charge is 2.38. The third-order valence-electron chi connectivity index (χ3n) is 6.94. The molecule has 12 heteroatoms. The molecule has 0 atom stereocenters. The van der Waals surface area contributed by atoms with Crippen molar-refractivity contribution in [1.29, 1.82) is 0 Å². The lowest BCUT2D eigenvalue weighted by molar-refractivity contribution is -0.144. The van der Waals surface area contributed by atoms with Crippen LogP contribution in [0, 0.1) is 0 Å². The number of carbonyl (C=O) groups is 1. The van der Waals surface area contributed by atoms with Gasteiger partial charge in [-0.3, -0.25) is 4.90 Å². The van der Waals surface area contributed by atoms with Crippen molar-refractivity contribution in [3.05, 3.63) is 76.6 Å². The van der Waals surface area contributed by atoms with E-state index in [-0.39, 0.29) is 11.8 Å². The fourth-order valence-corrected chi connectivity index (χ4v) is 5.11. The van der Waals surface area contributed by atoms with E-state index >= 15 is 0 Å². The lowest BCUT2D eigenvalue weighted by atomic mass is 10.0. The first-order valence-corrected chi connectivity index (χ1v) is 13.3. The van der Waals surface area contributed by atoms with Crippen LogP contribution >= 0.6 is 0 Å². The Kier molecular flexibility index (Phi) is 6.43. The minimum Gasteiger partial charge on any atom is -0.444 e. The highest BCUT2D eigenvalue weighted by molar-refractivity contribution is 5.70. The van der Waals surface area contributed by atoms with E-state index in [4.69, 9.17) is 4.74 Å². The maximum absolute atomic E-state index is 13.7. The van der Waals surface area contributed by atoms with Gasteiger partial charge in [-0.15, -0.1) is 15.3 Å². The SMILES string of the molecule is CC(C)(C)OC(=O)N1Cc2ccc(Nc3nc(C(F)(F)F)nn3-c3cc4c(nn3)-c3ccccc3CCC4)cc2C1. The Morgan fingerprint density at radius 2 is 1.68 bits per heavy atom. The molecule has 0 spiro atoms. The molecule has 2 aliphatic rings. The van der Waals surface area contributed by atoms with Crippen LogP contribution in [0.2, 0.25) is 0 Å². The van der Waals surface area contributed by atoms with E-state index in [9.17, 15) is 18.0 Å². The summed E-state index contributed by atoms with van der Waals surface area (Å²) in [7, 11) is 0. The molecule has 9 nitrogen and oxygen atoms in total. The number of carbonyl (C=O) groups excluding carboxylic acids is 1. The van der Waals surface area contributed by atoms with E-state index in [1.165, 1.54) is 0 Å². The average Bonchev–Trinajstić information content (AvgIpc) is 3.48. The Balaban J connectivity index is 1.31. The van der Waals surface area contributed by atoms with Crippen LogP contribution in [-0.4, -0.2) is 41.6 Å². The largest absolute Gasteiger partial charge is 0.453 e. The zero-order valence-corrected chi connectivity index (χ0v) is 22.8. The molecule has 0 unspecified atom stereocenters. The van der Waals surface area contributed by atoms with E-state index < -0.39 is 23.7 Å². The van der Waals surface area contributed by atoms with E-state index in [1.807, 2.05) is 24.3 Å². The van der Waals surface area contributed by atoms with Crippen LogP contribution in [0.15, 0.2) is 48.5 Å².